The first-order chi connectivity index (χ1) is 8.29. The van der Waals surface area contributed by atoms with Gasteiger partial charge in [-0.2, -0.15) is 0 Å². The number of ether oxygens (including phenoxy) is 2. The van der Waals surface area contributed by atoms with Crippen molar-refractivity contribution < 1.29 is 9.47 Å². The highest BCUT2D eigenvalue weighted by Gasteiger charge is 2.03. The van der Waals surface area contributed by atoms with E-state index in [0.717, 1.165) is 12.2 Å². The van der Waals surface area contributed by atoms with Gasteiger partial charge in [-0.25, -0.2) is 0 Å². The monoisotopic (exact) mass is 249 g/mol. The van der Waals surface area contributed by atoms with Gasteiger partial charge >= 0.3 is 0 Å². The number of anilines is 1. The molecule has 0 aliphatic carbocycles. The Hall–Kier alpha value is -1.68. The predicted molar refractivity (Wildman–Crippen MR) is 70.9 cm³/mol. The molecule has 0 unspecified atom stereocenters. The van der Waals surface area contributed by atoms with Crippen LogP contribution in [0.2, 0.25) is 0 Å². The second-order valence-corrected chi connectivity index (χ2v) is 4.61. The van der Waals surface area contributed by atoms with Gasteiger partial charge in [0.1, 0.15) is 11.5 Å². The van der Waals surface area contributed by atoms with Gasteiger partial charge in [0.15, 0.2) is 0 Å². The molecule has 0 saturated carbocycles. The minimum Gasteiger partial charge on any atom is -0.497 e. The summed E-state index contributed by atoms with van der Waals surface area (Å²) in [4.78, 5) is 1.31. The molecule has 1 aromatic heterocycles. The van der Waals surface area contributed by atoms with Crippen molar-refractivity contribution in [3.8, 4) is 11.5 Å². The summed E-state index contributed by atoms with van der Waals surface area (Å²) in [5.74, 6) is 1.44. The van der Waals surface area contributed by atoms with Crippen LogP contribution in [-0.4, -0.2) is 13.7 Å². The van der Waals surface area contributed by atoms with Crippen LogP contribution in [0.4, 0.5) is 5.69 Å². The second-order valence-electron chi connectivity index (χ2n) is 3.58. The molecule has 4 heteroatoms. The largest absolute Gasteiger partial charge is 0.497 e. The Kier molecular flexibility index (Phi) is 3.88. The van der Waals surface area contributed by atoms with Crippen LogP contribution in [0, 0.1) is 0 Å². The lowest BCUT2D eigenvalue weighted by Crippen LogP contribution is -2.02. The van der Waals surface area contributed by atoms with Crippen LogP contribution in [-0.2, 0) is 6.42 Å². The van der Waals surface area contributed by atoms with Crippen LogP contribution in [0.25, 0.3) is 0 Å². The van der Waals surface area contributed by atoms with E-state index >= 15 is 0 Å². The van der Waals surface area contributed by atoms with Gasteiger partial charge in [0.25, 0.3) is 0 Å². The van der Waals surface area contributed by atoms with Crippen molar-refractivity contribution in [1.82, 2.24) is 0 Å². The molecule has 17 heavy (non-hydrogen) atoms. The smallest absolute Gasteiger partial charge is 0.145 e. The van der Waals surface area contributed by atoms with E-state index in [-0.39, 0.29) is 0 Å². The molecule has 0 bridgehead atoms. The van der Waals surface area contributed by atoms with Crippen LogP contribution < -0.4 is 15.2 Å². The quantitative estimate of drug-likeness (QED) is 0.829. The highest BCUT2D eigenvalue weighted by Crippen LogP contribution is 2.26. The van der Waals surface area contributed by atoms with E-state index in [0.29, 0.717) is 18.0 Å². The van der Waals surface area contributed by atoms with E-state index in [1.165, 1.54) is 4.88 Å². The molecule has 2 rings (SSSR count). The maximum Gasteiger partial charge on any atom is 0.145 e. The summed E-state index contributed by atoms with van der Waals surface area (Å²) in [6.45, 7) is 0.623. The summed E-state index contributed by atoms with van der Waals surface area (Å²) in [7, 11) is 1.63. The van der Waals surface area contributed by atoms with Crippen molar-refractivity contribution in [2.45, 2.75) is 6.42 Å². The molecular weight excluding hydrogens is 234 g/mol. The van der Waals surface area contributed by atoms with Gasteiger partial charge in [-0.15, -0.1) is 11.3 Å². The fraction of sp³-hybridized carbons (Fsp3) is 0.231. The van der Waals surface area contributed by atoms with Gasteiger partial charge in [-0.05, 0) is 23.6 Å². The molecular formula is C13H15NO2S. The molecule has 1 aromatic carbocycles. The zero-order chi connectivity index (χ0) is 12.1. The SMILES string of the molecule is COc1ccc(N)c(OCCc2cccs2)c1. The third kappa shape index (κ3) is 3.14. The van der Waals surface area contributed by atoms with Crippen LogP contribution in [0.1, 0.15) is 4.88 Å². The summed E-state index contributed by atoms with van der Waals surface area (Å²) in [6.07, 6.45) is 0.897. The molecule has 0 spiro atoms. The third-order valence-corrected chi connectivity index (χ3v) is 3.34. The van der Waals surface area contributed by atoms with E-state index in [1.54, 1.807) is 24.5 Å². The average Bonchev–Trinajstić information content (AvgIpc) is 2.84. The van der Waals surface area contributed by atoms with E-state index in [1.807, 2.05) is 18.2 Å². The highest BCUT2D eigenvalue weighted by molar-refractivity contribution is 7.09. The Morgan fingerprint density at radius 3 is 2.88 bits per heavy atom. The molecule has 0 fully saturated rings. The number of nitrogen functional groups attached to an aromatic ring is 1. The van der Waals surface area contributed by atoms with E-state index in [4.69, 9.17) is 15.2 Å². The van der Waals surface area contributed by atoms with Gasteiger partial charge in [-0.1, -0.05) is 6.07 Å². The predicted octanol–water partition coefficient (Wildman–Crippen LogP) is 2.96. The maximum absolute atomic E-state index is 5.83. The molecule has 0 aliphatic heterocycles. The molecule has 0 saturated heterocycles. The Labute approximate surface area is 105 Å². The summed E-state index contributed by atoms with van der Waals surface area (Å²) >= 11 is 1.73. The van der Waals surface area contributed by atoms with Gasteiger partial charge in [0.05, 0.1) is 19.4 Å². The van der Waals surface area contributed by atoms with E-state index in [9.17, 15) is 0 Å². The van der Waals surface area contributed by atoms with E-state index < -0.39 is 0 Å². The van der Waals surface area contributed by atoms with Gasteiger partial charge in [-0.3, -0.25) is 0 Å². The van der Waals surface area contributed by atoms with Crippen molar-refractivity contribution in [1.29, 1.82) is 0 Å². The minimum atomic E-state index is 0.623. The number of rotatable bonds is 5. The fourth-order valence-corrected chi connectivity index (χ4v) is 2.17. The normalized spacial score (nSPS) is 10.2. The van der Waals surface area contributed by atoms with Crippen molar-refractivity contribution in [3.05, 3.63) is 40.6 Å². The van der Waals surface area contributed by atoms with Crippen LogP contribution >= 0.6 is 11.3 Å². The number of nitrogens with two attached hydrogens (primary N) is 1. The number of methoxy groups -OCH3 is 1. The van der Waals surface area contributed by atoms with Crippen LogP contribution in [0.5, 0.6) is 11.5 Å². The van der Waals surface area contributed by atoms with Crippen molar-refractivity contribution in [2.24, 2.45) is 0 Å². The lowest BCUT2D eigenvalue weighted by Gasteiger charge is -2.09. The number of hydrogen-bond acceptors (Lipinski definition) is 4. The Balaban J connectivity index is 1.94. The molecule has 0 atom stereocenters. The van der Waals surface area contributed by atoms with Crippen LogP contribution in [0.3, 0.4) is 0 Å². The Bertz CT molecular complexity index is 468. The molecule has 0 radical (unpaired) electrons. The van der Waals surface area contributed by atoms with Crippen molar-refractivity contribution in [3.63, 3.8) is 0 Å². The summed E-state index contributed by atoms with van der Waals surface area (Å²) < 4.78 is 10.8. The fourth-order valence-electron chi connectivity index (χ4n) is 1.48. The van der Waals surface area contributed by atoms with Gasteiger partial charge in [0, 0.05) is 17.4 Å². The first kappa shape index (κ1) is 11.8. The van der Waals surface area contributed by atoms with Crippen molar-refractivity contribution >= 4 is 17.0 Å². The number of hydrogen-bond donors (Lipinski definition) is 1. The third-order valence-electron chi connectivity index (χ3n) is 2.41. The Morgan fingerprint density at radius 1 is 1.29 bits per heavy atom. The molecule has 1 heterocycles. The Morgan fingerprint density at radius 2 is 2.18 bits per heavy atom. The standard InChI is InChI=1S/C13H15NO2S/c1-15-10-4-5-12(14)13(9-10)16-7-6-11-3-2-8-17-11/h2-5,8-9H,6-7,14H2,1H3. The van der Waals surface area contributed by atoms with Gasteiger partial charge < -0.3 is 15.2 Å². The molecule has 2 N–H and O–H groups in total. The van der Waals surface area contributed by atoms with Crippen LogP contribution in [0.15, 0.2) is 35.7 Å². The summed E-state index contributed by atoms with van der Waals surface area (Å²) in [5.41, 5.74) is 6.46. The molecule has 3 nitrogen and oxygen atoms in total. The molecule has 90 valence electrons. The second kappa shape index (κ2) is 5.59. The molecule has 0 amide bonds. The first-order valence-electron chi connectivity index (χ1n) is 5.38. The first-order valence-corrected chi connectivity index (χ1v) is 6.26. The zero-order valence-electron chi connectivity index (χ0n) is 9.68. The number of benzene rings is 1. The maximum atomic E-state index is 5.83. The van der Waals surface area contributed by atoms with Gasteiger partial charge in [0.2, 0.25) is 0 Å². The molecule has 2 aromatic rings. The lowest BCUT2D eigenvalue weighted by molar-refractivity contribution is 0.321. The topological polar surface area (TPSA) is 44.5 Å². The summed E-state index contributed by atoms with van der Waals surface area (Å²) in [6, 6.07) is 9.56. The zero-order valence-corrected chi connectivity index (χ0v) is 10.5. The highest BCUT2D eigenvalue weighted by atomic mass is 32.1. The average molecular weight is 249 g/mol. The minimum absolute atomic E-state index is 0.623. The molecule has 0 aliphatic rings. The van der Waals surface area contributed by atoms with Crippen molar-refractivity contribution in [2.75, 3.05) is 19.5 Å². The lowest BCUT2D eigenvalue weighted by atomic mass is 10.3. The van der Waals surface area contributed by atoms with E-state index in [2.05, 4.69) is 11.4 Å². The number of thiophene rings is 1. The summed E-state index contributed by atoms with van der Waals surface area (Å²) in [5, 5.41) is 2.06.